The third-order valence-corrected chi connectivity index (χ3v) is 3.73. The summed E-state index contributed by atoms with van der Waals surface area (Å²) in [5.74, 6) is -0.273. The molecule has 0 saturated carbocycles. The fourth-order valence-electron chi connectivity index (χ4n) is 2.35. The van der Waals surface area contributed by atoms with Crippen LogP contribution in [0.4, 0.5) is 4.39 Å². The molecule has 6 heteroatoms. The van der Waals surface area contributed by atoms with Crippen LogP contribution in [0.5, 0.6) is 0 Å². The minimum absolute atomic E-state index is 0.273. The molecule has 1 atom stereocenters. The van der Waals surface area contributed by atoms with Gasteiger partial charge in [-0.2, -0.15) is 4.68 Å². The SMILES string of the molecule is C[NH+](Cc1c(F)cccc1Cl)Cn1nnc2ccccc21. The number of fused-ring (bicyclic) bond motifs is 1. The highest BCUT2D eigenvalue weighted by Crippen LogP contribution is 2.17. The van der Waals surface area contributed by atoms with Crippen LogP contribution >= 0.6 is 11.6 Å². The summed E-state index contributed by atoms with van der Waals surface area (Å²) in [5, 5.41) is 8.71. The van der Waals surface area contributed by atoms with E-state index in [2.05, 4.69) is 10.3 Å². The lowest BCUT2D eigenvalue weighted by atomic mass is 10.2. The molecule has 1 heterocycles. The van der Waals surface area contributed by atoms with Crippen molar-refractivity contribution in [3.05, 3.63) is 58.9 Å². The highest BCUT2D eigenvalue weighted by Gasteiger charge is 2.14. The minimum atomic E-state index is -0.273. The topological polar surface area (TPSA) is 35.2 Å². The summed E-state index contributed by atoms with van der Waals surface area (Å²) >= 11 is 6.06. The third kappa shape index (κ3) is 2.89. The second kappa shape index (κ2) is 5.79. The Labute approximate surface area is 126 Å². The Morgan fingerprint density at radius 2 is 2.00 bits per heavy atom. The van der Waals surface area contributed by atoms with Crippen molar-refractivity contribution in [1.29, 1.82) is 0 Å². The molecule has 0 radical (unpaired) electrons. The lowest BCUT2D eigenvalue weighted by molar-refractivity contribution is -0.917. The van der Waals surface area contributed by atoms with E-state index >= 15 is 0 Å². The molecule has 1 aromatic heterocycles. The van der Waals surface area contributed by atoms with Crippen molar-refractivity contribution in [2.45, 2.75) is 13.2 Å². The van der Waals surface area contributed by atoms with Crippen molar-refractivity contribution in [1.82, 2.24) is 15.0 Å². The number of quaternary nitrogens is 1. The van der Waals surface area contributed by atoms with Crippen molar-refractivity contribution in [3.8, 4) is 0 Å². The molecule has 21 heavy (non-hydrogen) atoms. The number of nitrogens with one attached hydrogen (secondary N) is 1. The van der Waals surface area contributed by atoms with E-state index in [1.165, 1.54) is 6.07 Å². The fraction of sp³-hybridized carbons (Fsp3) is 0.200. The van der Waals surface area contributed by atoms with Gasteiger partial charge in [0.15, 0.2) is 6.67 Å². The number of benzene rings is 2. The number of aromatic nitrogens is 3. The Bertz CT molecular complexity index is 751. The van der Waals surface area contributed by atoms with Gasteiger partial charge in [0.1, 0.15) is 17.9 Å². The zero-order valence-electron chi connectivity index (χ0n) is 11.6. The van der Waals surface area contributed by atoms with Gasteiger partial charge in [-0.25, -0.2) is 4.39 Å². The molecule has 1 N–H and O–H groups in total. The molecular weight excluding hydrogens is 291 g/mol. The van der Waals surface area contributed by atoms with E-state index in [-0.39, 0.29) is 5.82 Å². The van der Waals surface area contributed by atoms with E-state index in [4.69, 9.17) is 11.6 Å². The van der Waals surface area contributed by atoms with Crippen molar-refractivity contribution >= 4 is 22.6 Å². The average molecular weight is 306 g/mol. The first-order valence-corrected chi connectivity index (χ1v) is 7.05. The van der Waals surface area contributed by atoms with Crippen LogP contribution in [0.3, 0.4) is 0 Å². The van der Waals surface area contributed by atoms with Crippen LogP contribution in [0.25, 0.3) is 11.0 Å². The van der Waals surface area contributed by atoms with Crippen molar-refractivity contribution in [2.75, 3.05) is 7.05 Å². The van der Waals surface area contributed by atoms with E-state index in [9.17, 15) is 4.39 Å². The van der Waals surface area contributed by atoms with Gasteiger partial charge in [0, 0.05) is 0 Å². The molecule has 0 amide bonds. The number of para-hydroxylation sites is 1. The Kier molecular flexibility index (Phi) is 3.86. The highest BCUT2D eigenvalue weighted by atomic mass is 35.5. The van der Waals surface area contributed by atoms with Gasteiger partial charge >= 0.3 is 0 Å². The van der Waals surface area contributed by atoms with Gasteiger partial charge in [-0.3, -0.25) is 0 Å². The molecule has 0 spiro atoms. The summed E-state index contributed by atoms with van der Waals surface area (Å²) in [6.45, 7) is 1.07. The van der Waals surface area contributed by atoms with Gasteiger partial charge in [0.2, 0.25) is 0 Å². The molecule has 2 aromatic carbocycles. The van der Waals surface area contributed by atoms with Crippen molar-refractivity contribution < 1.29 is 9.29 Å². The van der Waals surface area contributed by atoms with Crippen LogP contribution in [0.1, 0.15) is 5.56 Å². The van der Waals surface area contributed by atoms with Gasteiger partial charge in [-0.05, 0) is 24.3 Å². The molecule has 0 bridgehead atoms. The molecule has 0 aliphatic heterocycles. The number of rotatable bonds is 4. The van der Waals surface area contributed by atoms with Crippen LogP contribution < -0.4 is 4.90 Å². The molecular formula is C15H15ClFN4+. The minimum Gasteiger partial charge on any atom is -0.315 e. The van der Waals surface area contributed by atoms with Gasteiger partial charge in [-0.15, -0.1) is 5.10 Å². The average Bonchev–Trinajstić information content (AvgIpc) is 2.87. The van der Waals surface area contributed by atoms with Crippen LogP contribution in [0, 0.1) is 5.82 Å². The molecule has 0 fully saturated rings. The Hall–Kier alpha value is -1.98. The number of hydrogen-bond donors (Lipinski definition) is 1. The molecule has 1 unspecified atom stereocenters. The lowest BCUT2D eigenvalue weighted by Crippen LogP contribution is -3.07. The maximum atomic E-state index is 13.8. The fourth-order valence-corrected chi connectivity index (χ4v) is 2.58. The van der Waals surface area contributed by atoms with E-state index in [0.717, 1.165) is 15.9 Å². The summed E-state index contributed by atoms with van der Waals surface area (Å²) in [4.78, 5) is 1.07. The number of halogens is 2. The second-order valence-electron chi connectivity index (χ2n) is 5.07. The summed E-state index contributed by atoms with van der Waals surface area (Å²) < 4.78 is 15.6. The Morgan fingerprint density at radius 1 is 1.19 bits per heavy atom. The van der Waals surface area contributed by atoms with Gasteiger partial charge in [-0.1, -0.05) is 35.0 Å². The standard InChI is InChI=1S/C15H14ClFN4/c1-20(9-11-12(16)5-4-6-13(11)17)10-21-15-8-3-2-7-14(15)18-19-21/h2-8H,9-10H2,1H3/p+1. The summed E-state index contributed by atoms with van der Waals surface area (Å²) in [6.07, 6.45) is 0. The molecule has 4 nitrogen and oxygen atoms in total. The number of nitrogens with zero attached hydrogens (tertiary/aromatic N) is 3. The summed E-state index contributed by atoms with van der Waals surface area (Å²) in [6, 6.07) is 12.5. The Balaban J connectivity index is 1.79. The highest BCUT2D eigenvalue weighted by molar-refractivity contribution is 6.31. The van der Waals surface area contributed by atoms with E-state index in [1.54, 1.807) is 12.1 Å². The zero-order valence-corrected chi connectivity index (χ0v) is 12.3. The summed E-state index contributed by atoms with van der Waals surface area (Å²) in [5.41, 5.74) is 2.35. The molecule has 3 rings (SSSR count). The molecule has 3 aromatic rings. The first kappa shape index (κ1) is 14.0. The molecule has 0 saturated heterocycles. The monoisotopic (exact) mass is 305 g/mol. The Morgan fingerprint density at radius 3 is 2.81 bits per heavy atom. The molecule has 0 aliphatic rings. The van der Waals surface area contributed by atoms with Gasteiger partial charge in [0.05, 0.1) is 23.2 Å². The van der Waals surface area contributed by atoms with Crippen LogP contribution in [-0.4, -0.2) is 22.0 Å². The van der Waals surface area contributed by atoms with Gasteiger partial charge in [0.25, 0.3) is 0 Å². The van der Waals surface area contributed by atoms with Crippen LogP contribution in [-0.2, 0) is 13.2 Å². The van der Waals surface area contributed by atoms with Crippen LogP contribution in [0.2, 0.25) is 5.02 Å². The van der Waals surface area contributed by atoms with Crippen LogP contribution in [0.15, 0.2) is 42.5 Å². The first-order valence-electron chi connectivity index (χ1n) is 6.67. The van der Waals surface area contributed by atoms with E-state index in [1.807, 2.05) is 36.0 Å². The molecule has 0 aliphatic carbocycles. The van der Waals surface area contributed by atoms with Gasteiger partial charge < -0.3 is 4.90 Å². The predicted octanol–water partition coefficient (Wildman–Crippen LogP) is 1.90. The number of hydrogen-bond acceptors (Lipinski definition) is 2. The van der Waals surface area contributed by atoms with Crippen molar-refractivity contribution in [3.63, 3.8) is 0 Å². The maximum Gasteiger partial charge on any atom is 0.175 e. The smallest absolute Gasteiger partial charge is 0.175 e. The normalized spacial score (nSPS) is 12.7. The third-order valence-electron chi connectivity index (χ3n) is 3.38. The van der Waals surface area contributed by atoms with E-state index < -0.39 is 0 Å². The zero-order chi connectivity index (χ0) is 14.8. The lowest BCUT2D eigenvalue weighted by Gasteiger charge is -2.15. The molecule has 108 valence electrons. The quantitative estimate of drug-likeness (QED) is 0.799. The first-order chi connectivity index (χ1) is 10.1. The predicted molar refractivity (Wildman–Crippen MR) is 79.5 cm³/mol. The largest absolute Gasteiger partial charge is 0.315 e. The summed E-state index contributed by atoms with van der Waals surface area (Å²) in [7, 11) is 1.97. The maximum absolute atomic E-state index is 13.8. The van der Waals surface area contributed by atoms with E-state index in [0.29, 0.717) is 23.8 Å². The second-order valence-corrected chi connectivity index (χ2v) is 5.48. The van der Waals surface area contributed by atoms with Crippen molar-refractivity contribution in [2.24, 2.45) is 0 Å².